The van der Waals surface area contributed by atoms with Gasteiger partial charge in [-0.15, -0.1) is 0 Å². The van der Waals surface area contributed by atoms with Gasteiger partial charge in [-0.25, -0.2) is 0 Å². The third kappa shape index (κ3) is 4.01. The SMILES string of the molecule is CCCCC(CC)CC(C(=O)O)C(=O)c1coc2ccccc12. The molecule has 4 nitrogen and oxygen atoms in total. The molecule has 1 aromatic heterocycles. The zero-order chi connectivity index (χ0) is 16.8. The molecule has 2 unspecified atom stereocenters. The Labute approximate surface area is 136 Å². The van der Waals surface area contributed by atoms with Crippen molar-refractivity contribution in [3.05, 3.63) is 36.1 Å². The number of rotatable bonds is 9. The average Bonchev–Trinajstić information content (AvgIpc) is 2.98. The number of furan rings is 1. The first-order chi connectivity index (χ1) is 11.1. The number of benzene rings is 1. The molecule has 0 spiro atoms. The lowest BCUT2D eigenvalue weighted by Gasteiger charge is -2.18. The minimum absolute atomic E-state index is 0.262. The Hall–Kier alpha value is -2.10. The van der Waals surface area contributed by atoms with E-state index in [9.17, 15) is 14.7 Å². The first-order valence-corrected chi connectivity index (χ1v) is 8.31. The predicted molar refractivity (Wildman–Crippen MR) is 89.6 cm³/mol. The highest BCUT2D eigenvalue weighted by molar-refractivity contribution is 6.14. The Balaban J connectivity index is 2.23. The normalized spacial score (nSPS) is 13.8. The van der Waals surface area contributed by atoms with Gasteiger partial charge in [0.15, 0.2) is 5.78 Å². The third-order valence-corrected chi connectivity index (χ3v) is 4.47. The molecule has 0 saturated carbocycles. The molecule has 2 rings (SSSR count). The topological polar surface area (TPSA) is 67.5 Å². The van der Waals surface area contributed by atoms with Crippen LogP contribution in [-0.4, -0.2) is 16.9 Å². The zero-order valence-corrected chi connectivity index (χ0v) is 13.7. The van der Waals surface area contributed by atoms with Crippen LogP contribution in [0.5, 0.6) is 0 Å². The summed E-state index contributed by atoms with van der Waals surface area (Å²) in [5, 5.41) is 10.2. The van der Waals surface area contributed by atoms with Gasteiger partial charge in [0, 0.05) is 5.39 Å². The summed E-state index contributed by atoms with van der Waals surface area (Å²) in [4.78, 5) is 24.4. The maximum Gasteiger partial charge on any atom is 0.314 e. The Kier molecular flexibility index (Phi) is 5.97. The molecule has 23 heavy (non-hydrogen) atoms. The molecule has 1 heterocycles. The number of carbonyl (C=O) groups excluding carboxylic acids is 1. The Bertz CT molecular complexity index is 671. The summed E-state index contributed by atoms with van der Waals surface area (Å²) in [6, 6.07) is 7.21. The number of hydrogen-bond acceptors (Lipinski definition) is 3. The molecule has 1 aromatic carbocycles. The lowest BCUT2D eigenvalue weighted by Crippen LogP contribution is -2.26. The summed E-state index contributed by atoms with van der Waals surface area (Å²) in [5.41, 5.74) is 0.983. The lowest BCUT2D eigenvalue weighted by molar-refractivity contribution is -0.140. The van der Waals surface area contributed by atoms with Crippen molar-refractivity contribution in [1.29, 1.82) is 0 Å². The Morgan fingerprint density at radius 1 is 1.22 bits per heavy atom. The Morgan fingerprint density at radius 3 is 2.61 bits per heavy atom. The van der Waals surface area contributed by atoms with Crippen molar-refractivity contribution in [2.45, 2.75) is 46.0 Å². The summed E-state index contributed by atoms with van der Waals surface area (Å²) in [7, 11) is 0. The van der Waals surface area contributed by atoms with E-state index in [4.69, 9.17) is 4.42 Å². The molecule has 2 aromatic rings. The van der Waals surface area contributed by atoms with Gasteiger partial charge in [-0.3, -0.25) is 9.59 Å². The average molecular weight is 316 g/mol. The molecular formula is C19H24O4. The molecule has 0 aliphatic carbocycles. The van der Waals surface area contributed by atoms with E-state index in [-0.39, 0.29) is 11.7 Å². The quantitative estimate of drug-likeness (QED) is 0.526. The van der Waals surface area contributed by atoms with Gasteiger partial charge in [-0.1, -0.05) is 57.7 Å². The van der Waals surface area contributed by atoms with Gasteiger partial charge in [-0.2, -0.15) is 0 Å². The fourth-order valence-corrected chi connectivity index (χ4v) is 2.99. The smallest absolute Gasteiger partial charge is 0.314 e. The first-order valence-electron chi connectivity index (χ1n) is 8.31. The number of carboxylic acids is 1. The number of ketones is 1. The zero-order valence-electron chi connectivity index (χ0n) is 13.7. The van der Waals surface area contributed by atoms with E-state index in [1.807, 2.05) is 12.1 Å². The van der Waals surface area contributed by atoms with Crippen molar-refractivity contribution in [2.75, 3.05) is 0 Å². The van der Waals surface area contributed by atoms with Crippen LogP contribution in [0.25, 0.3) is 11.0 Å². The second-order valence-electron chi connectivity index (χ2n) is 6.05. The van der Waals surface area contributed by atoms with Gasteiger partial charge in [-0.05, 0) is 18.4 Å². The van der Waals surface area contributed by atoms with E-state index in [1.165, 1.54) is 6.26 Å². The van der Waals surface area contributed by atoms with Crippen LogP contribution in [0.3, 0.4) is 0 Å². The van der Waals surface area contributed by atoms with Crippen molar-refractivity contribution < 1.29 is 19.1 Å². The van der Waals surface area contributed by atoms with Crippen LogP contribution < -0.4 is 0 Å². The molecule has 4 heteroatoms. The van der Waals surface area contributed by atoms with Crippen molar-refractivity contribution in [3.63, 3.8) is 0 Å². The van der Waals surface area contributed by atoms with E-state index in [0.29, 0.717) is 23.0 Å². The van der Waals surface area contributed by atoms with Crippen LogP contribution in [0.15, 0.2) is 34.9 Å². The van der Waals surface area contributed by atoms with Crippen molar-refractivity contribution in [1.82, 2.24) is 0 Å². The maximum absolute atomic E-state index is 12.7. The van der Waals surface area contributed by atoms with E-state index >= 15 is 0 Å². The molecule has 0 aliphatic rings. The first kappa shape index (κ1) is 17.3. The summed E-state index contributed by atoms with van der Waals surface area (Å²) in [6.45, 7) is 4.17. The van der Waals surface area contributed by atoms with Gasteiger partial charge >= 0.3 is 5.97 Å². The fraction of sp³-hybridized carbons (Fsp3) is 0.474. The summed E-state index contributed by atoms with van der Waals surface area (Å²) < 4.78 is 5.38. The highest BCUT2D eigenvalue weighted by atomic mass is 16.4. The van der Waals surface area contributed by atoms with Gasteiger partial charge < -0.3 is 9.52 Å². The number of fused-ring (bicyclic) bond motifs is 1. The van der Waals surface area contributed by atoms with Gasteiger partial charge in [0.25, 0.3) is 0 Å². The van der Waals surface area contributed by atoms with Gasteiger partial charge in [0.05, 0.1) is 5.56 Å². The lowest BCUT2D eigenvalue weighted by atomic mass is 9.84. The molecule has 0 radical (unpaired) electrons. The van der Waals surface area contributed by atoms with Crippen molar-refractivity contribution >= 4 is 22.7 Å². The summed E-state index contributed by atoms with van der Waals surface area (Å²) in [6.07, 6.45) is 5.78. The number of unbranched alkanes of at least 4 members (excludes halogenated alkanes) is 1. The second kappa shape index (κ2) is 7.95. The van der Waals surface area contributed by atoms with Crippen LogP contribution in [0.2, 0.25) is 0 Å². The van der Waals surface area contributed by atoms with Gasteiger partial charge in [0.2, 0.25) is 0 Å². The van der Waals surface area contributed by atoms with Crippen LogP contribution in [0, 0.1) is 11.8 Å². The largest absolute Gasteiger partial charge is 0.481 e. The number of hydrogen-bond donors (Lipinski definition) is 1. The van der Waals surface area contributed by atoms with E-state index < -0.39 is 11.9 Å². The number of Topliss-reactive ketones (excluding diaryl/α,β-unsaturated/α-hetero) is 1. The van der Waals surface area contributed by atoms with E-state index in [1.54, 1.807) is 12.1 Å². The molecule has 2 atom stereocenters. The molecule has 0 amide bonds. The molecule has 1 N–H and O–H groups in total. The summed E-state index contributed by atoms with van der Waals surface area (Å²) >= 11 is 0. The molecule has 124 valence electrons. The fourth-order valence-electron chi connectivity index (χ4n) is 2.99. The van der Waals surface area contributed by atoms with Gasteiger partial charge in [0.1, 0.15) is 17.8 Å². The molecule has 0 fully saturated rings. The standard InChI is InChI=1S/C19H24O4/c1-3-5-8-13(4-2)11-15(19(21)22)18(20)16-12-23-17-10-7-6-9-14(16)17/h6-7,9-10,12-13,15H,3-5,8,11H2,1-2H3,(H,21,22). The highest BCUT2D eigenvalue weighted by Crippen LogP contribution is 2.28. The predicted octanol–water partition coefficient (Wildman–Crippen LogP) is 4.92. The third-order valence-electron chi connectivity index (χ3n) is 4.47. The number of carboxylic acid groups (broad SMARTS) is 1. The van der Waals surface area contributed by atoms with E-state index in [2.05, 4.69) is 13.8 Å². The molecule has 0 saturated heterocycles. The van der Waals surface area contributed by atoms with Crippen LogP contribution in [-0.2, 0) is 4.79 Å². The minimum atomic E-state index is -1.05. The van der Waals surface area contributed by atoms with E-state index in [0.717, 1.165) is 25.7 Å². The van der Waals surface area contributed by atoms with Crippen molar-refractivity contribution in [2.24, 2.45) is 11.8 Å². The van der Waals surface area contributed by atoms with Crippen LogP contribution in [0.4, 0.5) is 0 Å². The number of para-hydroxylation sites is 1. The number of aliphatic carboxylic acids is 1. The molecular weight excluding hydrogens is 292 g/mol. The van der Waals surface area contributed by atoms with Crippen molar-refractivity contribution in [3.8, 4) is 0 Å². The maximum atomic E-state index is 12.7. The molecule has 0 bridgehead atoms. The Morgan fingerprint density at radius 2 is 1.96 bits per heavy atom. The second-order valence-corrected chi connectivity index (χ2v) is 6.05. The molecule has 0 aliphatic heterocycles. The highest BCUT2D eigenvalue weighted by Gasteiger charge is 2.31. The van der Waals surface area contributed by atoms with Crippen LogP contribution in [0.1, 0.15) is 56.3 Å². The monoisotopic (exact) mass is 316 g/mol. The minimum Gasteiger partial charge on any atom is -0.481 e. The number of carbonyl (C=O) groups is 2. The summed E-state index contributed by atoms with van der Waals surface area (Å²) in [5.74, 6) is -2.14. The van der Waals surface area contributed by atoms with Crippen LogP contribution >= 0.6 is 0 Å².